The third-order valence-corrected chi connectivity index (χ3v) is 6.46. The standard InChI is InChI=1S/C12H17F11O4Si/c1-24-28(3,25-2)6-4-5-26-7-8(13,14)11(20,21)27-12(22,23)9(15,16)10(17,18)19/h4-7H2,1-3H3. The normalized spacial score (nSPS) is 15.2. The summed E-state index contributed by atoms with van der Waals surface area (Å²) in [6.45, 7) is -1.32. The molecule has 0 atom stereocenters. The molecule has 0 aliphatic rings. The van der Waals surface area contributed by atoms with E-state index >= 15 is 0 Å². The van der Waals surface area contributed by atoms with Crippen molar-refractivity contribution in [3.63, 3.8) is 0 Å². The molecule has 28 heavy (non-hydrogen) atoms. The highest BCUT2D eigenvalue weighted by Crippen LogP contribution is 2.51. The fraction of sp³-hybridized carbons (Fsp3) is 1.00. The molecule has 4 nitrogen and oxygen atoms in total. The van der Waals surface area contributed by atoms with Crippen LogP contribution in [-0.4, -0.2) is 66.2 Å². The molecule has 0 aromatic rings. The van der Waals surface area contributed by atoms with Crippen molar-refractivity contribution in [2.45, 2.75) is 49.3 Å². The molecule has 0 aliphatic heterocycles. The largest absolute Gasteiger partial charge is 0.462 e. The molecule has 0 amide bonds. The Hall–Kier alpha value is -0.713. The van der Waals surface area contributed by atoms with Gasteiger partial charge in [-0.3, -0.25) is 0 Å². The van der Waals surface area contributed by atoms with E-state index in [1.807, 2.05) is 4.74 Å². The van der Waals surface area contributed by atoms with Crippen LogP contribution in [-0.2, 0) is 18.3 Å². The first-order valence-corrected chi connectivity index (χ1v) is 9.77. The maximum Gasteiger partial charge on any atom is 0.462 e. The summed E-state index contributed by atoms with van der Waals surface area (Å²) in [6.07, 6.45) is -20.4. The Morgan fingerprint density at radius 3 is 1.61 bits per heavy atom. The predicted molar refractivity (Wildman–Crippen MR) is 72.8 cm³/mol. The summed E-state index contributed by atoms with van der Waals surface area (Å²) >= 11 is 0. The summed E-state index contributed by atoms with van der Waals surface area (Å²) in [5.41, 5.74) is 0. The van der Waals surface area contributed by atoms with Crippen molar-refractivity contribution in [3.8, 4) is 0 Å². The van der Waals surface area contributed by atoms with Crippen LogP contribution in [0.15, 0.2) is 0 Å². The van der Waals surface area contributed by atoms with Crippen LogP contribution in [0.5, 0.6) is 0 Å². The van der Waals surface area contributed by atoms with Crippen LogP contribution in [0.2, 0.25) is 12.6 Å². The minimum Gasteiger partial charge on any atom is -0.398 e. The molecule has 0 N–H and O–H groups in total. The Balaban J connectivity index is 4.92. The van der Waals surface area contributed by atoms with Crippen molar-refractivity contribution >= 4 is 8.56 Å². The van der Waals surface area contributed by atoms with E-state index in [0.717, 1.165) is 0 Å². The van der Waals surface area contributed by atoms with Gasteiger partial charge in [-0.2, -0.15) is 48.3 Å². The SMILES string of the molecule is CO[Si](C)(CCCOCC(F)(F)C(F)(F)OC(F)(F)C(F)(F)C(F)(F)F)OC. The number of hydrogen-bond donors (Lipinski definition) is 0. The molecule has 0 spiro atoms. The summed E-state index contributed by atoms with van der Waals surface area (Å²) in [6, 6.07) is 0.161. The Bertz CT molecular complexity index is 494. The second-order valence-electron chi connectivity index (χ2n) is 5.61. The number of halogens is 11. The molecule has 16 heteroatoms. The summed E-state index contributed by atoms with van der Waals surface area (Å²) < 4.78 is 155. The second-order valence-corrected chi connectivity index (χ2v) is 9.19. The lowest BCUT2D eigenvalue weighted by Crippen LogP contribution is -2.59. The van der Waals surface area contributed by atoms with Gasteiger partial charge in [-0.15, -0.1) is 0 Å². The average Bonchev–Trinajstić information content (AvgIpc) is 2.51. The number of ether oxygens (including phenoxy) is 2. The Morgan fingerprint density at radius 2 is 1.21 bits per heavy atom. The van der Waals surface area contributed by atoms with Gasteiger partial charge in [0.25, 0.3) is 0 Å². The van der Waals surface area contributed by atoms with Crippen molar-refractivity contribution in [1.82, 2.24) is 0 Å². The van der Waals surface area contributed by atoms with Gasteiger partial charge in [0.2, 0.25) is 0 Å². The third-order valence-electron chi connectivity index (χ3n) is 3.47. The predicted octanol–water partition coefficient (Wildman–Crippen LogP) is 4.79. The Morgan fingerprint density at radius 1 is 0.750 bits per heavy atom. The lowest BCUT2D eigenvalue weighted by molar-refractivity contribution is -0.497. The van der Waals surface area contributed by atoms with Crippen LogP contribution < -0.4 is 0 Å². The number of rotatable bonds is 12. The maximum atomic E-state index is 13.3. The van der Waals surface area contributed by atoms with Crippen LogP contribution in [0.25, 0.3) is 0 Å². The van der Waals surface area contributed by atoms with Crippen molar-refractivity contribution in [1.29, 1.82) is 0 Å². The van der Waals surface area contributed by atoms with E-state index < -0.39 is 52.0 Å². The van der Waals surface area contributed by atoms with Crippen LogP contribution >= 0.6 is 0 Å². The van der Waals surface area contributed by atoms with Gasteiger partial charge in [-0.25, -0.2) is 4.74 Å². The third kappa shape index (κ3) is 6.40. The summed E-state index contributed by atoms with van der Waals surface area (Å²) in [5, 5.41) is 0. The van der Waals surface area contributed by atoms with Gasteiger partial charge in [0.1, 0.15) is 6.61 Å². The van der Waals surface area contributed by atoms with Crippen molar-refractivity contribution < 1.29 is 66.6 Å². The Labute approximate surface area is 153 Å². The molecule has 0 heterocycles. The Kier molecular flexibility index (Phi) is 8.74. The second kappa shape index (κ2) is 8.97. The molecule has 0 saturated carbocycles. The van der Waals surface area contributed by atoms with E-state index in [1.54, 1.807) is 6.55 Å². The smallest absolute Gasteiger partial charge is 0.398 e. The minimum atomic E-state index is -7.14. The topological polar surface area (TPSA) is 36.9 Å². The van der Waals surface area contributed by atoms with Gasteiger partial charge in [-0.1, -0.05) is 0 Å². The molecule has 0 aromatic carbocycles. The zero-order chi connectivity index (χ0) is 22.7. The summed E-state index contributed by atoms with van der Waals surface area (Å²) in [5.74, 6) is -12.8. The van der Waals surface area contributed by atoms with Crippen LogP contribution in [0.1, 0.15) is 6.42 Å². The number of hydrogen-bond acceptors (Lipinski definition) is 4. The van der Waals surface area contributed by atoms with Crippen molar-refractivity contribution in [3.05, 3.63) is 0 Å². The first kappa shape index (κ1) is 27.3. The first-order chi connectivity index (χ1) is 12.3. The molecule has 0 bridgehead atoms. The monoisotopic (exact) mass is 462 g/mol. The molecule has 0 aliphatic carbocycles. The van der Waals surface area contributed by atoms with E-state index in [0.29, 0.717) is 0 Å². The highest BCUT2D eigenvalue weighted by molar-refractivity contribution is 6.65. The highest BCUT2D eigenvalue weighted by atomic mass is 28.4. The maximum absolute atomic E-state index is 13.3. The van der Waals surface area contributed by atoms with Gasteiger partial charge < -0.3 is 13.6 Å². The lowest BCUT2D eigenvalue weighted by atomic mass is 10.3. The molecular formula is C12H17F11O4Si. The minimum absolute atomic E-state index is 0.0464. The van der Waals surface area contributed by atoms with E-state index in [9.17, 15) is 48.3 Å². The molecule has 0 rings (SSSR count). The fourth-order valence-corrected chi connectivity index (χ4v) is 2.89. The van der Waals surface area contributed by atoms with Gasteiger partial charge in [0.05, 0.1) is 0 Å². The zero-order valence-corrected chi connectivity index (χ0v) is 15.6. The quantitative estimate of drug-likeness (QED) is 0.238. The van der Waals surface area contributed by atoms with Crippen LogP contribution in [0.3, 0.4) is 0 Å². The fourth-order valence-electron chi connectivity index (χ4n) is 1.53. The molecule has 0 unspecified atom stereocenters. The first-order valence-electron chi connectivity index (χ1n) is 7.25. The summed E-state index contributed by atoms with van der Waals surface area (Å²) in [4.78, 5) is 0. The van der Waals surface area contributed by atoms with E-state index in [2.05, 4.69) is 4.74 Å². The van der Waals surface area contributed by atoms with Crippen LogP contribution in [0, 0.1) is 0 Å². The van der Waals surface area contributed by atoms with Gasteiger partial charge in [0, 0.05) is 20.8 Å². The molecule has 0 fully saturated rings. The van der Waals surface area contributed by atoms with Crippen LogP contribution in [0.4, 0.5) is 48.3 Å². The lowest BCUT2D eigenvalue weighted by Gasteiger charge is -2.33. The van der Waals surface area contributed by atoms with E-state index in [1.165, 1.54) is 14.2 Å². The van der Waals surface area contributed by atoms with Crippen molar-refractivity contribution in [2.75, 3.05) is 27.4 Å². The average molecular weight is 462 g/mol. The summed E-state index contributed by atoms with van der Waals surface area (Å²) in [7, 11) is -0.0198. The molecule has 0 saturated heterocycles. The molecular weight excluding hydrogens is 445 g/mol. The molecule has 0 radical (unpaired) electrons. The van der Waals surface area contributed by atoms with Gasteiger partial charge in [0.15, 0.2) is 0 Å². The van der Waals surface area contributed by atoms with Gasteiger partial charge in [-0.05, 0) is 19.0 Å². The van der Waals surface area contributed by atoms with E-state index in [4.69, 9.17) is 8.85 Å². The zero-order valence-electron chi connectivity index (χ0n) is 14.6. The number of alkyl halides is 11. The van der Waals surface area contributed by atoms with Crippen molar-refractivity contribution in [2.24, 2.45) is 0 Å². The molecule has 170 valence electrons. The molecule has 0 aromatic heterocycles. The van der Waals surface area contributed by atoms with E-state index in [-0.39, 0.29) is 12.5 Å². The van der Waals surface area contributed by atoms with Gasteiger partial charge >= 0.3 is 38.8 Å². The highest BCUT2D eigenvalue weighted by Gasteiger charge is 2.78.